The molecule has 3 nitrogen and oxygen atoms in total. The molecule has 0 unspecified atom stereocenters. The van der Waals surface area contributed by atoms with Crippen molar-refractivity contribution in [1.29, 1.82) is 0 Å². The predicted octanol–water partition coefficient (Wildman–Crippen LogP) is 3.01. The molecule has 0 aliphatic heterocycles. The van der Waals surface area contributed by atoms with Crippen LogP contribution in [0.4, 0.5) is 8.78 Å². The third kappa shape index (κ3) is 3.05. The maximum atomic E-state index is 13.5. The van der Waals surface area contributed by atoms with Gasteiger partial charge in [0.05, 0.1) is 7.11 Å². The second-order valence-electron chi connectivity index (χ2n) is 4.19. The Hall–Kier alpha value is -2.14. The summed E-state index contributed by atoms with van der Waals surface area (Å²) in [6, 6.07) is 8.94. The largest absolute Gasteiger partial charge is 0.496 e. The summed E-state index contributed by atoms with van der Waals surface area (Å²) < 4.78 is 37.3. The van der Waals surface area contributed by atoms with Gasteiger partial charge in [-0.2, -0.15) is 0 Å². The second-order valence-corrected chi connectivity index (χ2v) is 4.19. The van der Waals surface area contributed by atoms with E-state index in [-0.39, 0.29) is 6.61 Å². The van der Waals surface area contributed by atoms with Crippen LogP contribution in [0.5, 0.6) is 11.5 Å². The summed E-state index contributed by atoms with van der Waals surface area (Å²) in [6.45, 7) is 0.361. The molecule has 20 heavy (non-hydrogen) atoms. The molecule has 0 saturated carbocycles. The number of rotatable bonds is 5. The fourth-order valence-corrected chi connectivity index (χ4v) is 1.84. The maximum absolute atomic E-state index is 13.5. The molecule has 2 aromatic rings. The highest BCUT2D eigenvalue weighted by Gasteiger charge is 2.11. The molecule has 0 amide bonds. The third-order valence-electron chi connectivity index (χ3n) is 2.87. The van der Waals surface area contributed by atoms with E-state index < -0.39 is 17.4 Å². The van der Waals surface area contributed by atoms with E-state index in [0.717, 1.165) is 17.7 Å². The number of hydrogen-bond donors (Lipinski definition) is 1. The van der Waals surface area contributed by atoms with Gasteiger partial charge in [-0.15, -0.1) is 0 Å². The Morgan fingerprint density at radius 2 is 1.80 bits per heavy atom. The average molecular weight is 279 g/mol. The molecule has 2 aromatic carbocycles. The van der Waals surface area contributed by atoms with Crippen LogP contribution in [0.2, 0.25) is 0 Å². The van der Waals surface area contributed by atoms with Gasteiger partial charge in [0.25, 0.3) is 0 Å². The van der Waals surface area contributed by atoms with Crippen LogP contribution in [0.25, 0.3) is 0 Å². The monoisotopic (exact) mass is 279 g/mol. The third-order valence-corrected chi connectivity index (χ3v) is 2.87. The van der Waals surface area contributed by atoms with Crippen LogP contribution >= 0.6 is 0 Å². The van der Waals surface area contributed by atoms with Gasteiger partial charge in [-0.1, -0.05) is 12.1 Å². The molecule has 106 valence electrons. The van der Waals surface area contributed by atoms with E-state index in [4.69, 9.17) is 15.2 Å². The molecule has 0 aromatic heterocycles. The molecule has 0 aliphatic carbocycles. The van der Waals surface area contributed by atoms with Crippen LogP contribution < -0.4 is 15.2 Å². The van der Waals surface area contributed by atoms with Gasteiger partial charge in [-0.25, -0.2) is 8.78 Å². The van der Waals surface area contributed by atoms with Crippen molar-refractivity contribution in [1.82, 2.24) is 0 Å². The smallest absolute Gasteiger partial charge is 0.191 e. The lowest BCUT2D eigenvalue weighted by molar-refractivity contribution is 0.268. The molecule has 2 rings (SSSR count). The summed E-state index contributed by atoms with van der Waals surface area (Å²) in [5, 5.41) is 0. The van der Waals surface area contributed by atoms with Gasteiger partial charge in [0, 0.05) is 12.1 Å². The normalized spacial score (nSPS) is 10.4. The zero-order chi connectivity index (χ0) is 14.5. The first-order chi connectivity index (χ1) is 9.65. The molecule has 0 spiro atoms. The number of benzene rings is 2. The number of ether oxygens (including phenoxy) is 2. The van der Waals surface area contributed by atoms with E-state index in [1.165, 1.54) is 13.2 Å². The van der Waals surface area contributed by atoms with Crippen molar-refractivity contribution < 1.29 is 18.3 Å². The minimum Gasteiger partial charge on any atom is -0.496 e. The lowest BCUT2D eigenvalue weighted by Crippen LogP contribution is -2.04. The Kier molecular flexibility index (Phi) is 4.53. The van der Waals surface area contributed by atoms with Gasteiger partial charge in [0.2, 0.25) is 0 Å². The average Bonchev–Trinajstić information content (AvgIpc) is 2.46. The van der Waals surface area contributed by atoms with Gasteiger partial charge in [0.15, 0.2) is 17.4 Å². The van der Waals surface area contributed by atoms with Gasteiger partial charge < -0.3 is 15.2 Å². The van der Waals surface area contributed by atoms with Crippen LogP contribution in [-0.2, 0) is 13.2 Å². The van der Waals surface area contributed by atoms with Crippen LogP contribution in [0.1, 0.15) is 11.1 Å². The van der Waals surface area contributed by atoms with Crippen molar-refractivity contribution in [2.24, 2.45) is 5.73 Å². The van der Waals surface area contributed by atoms with Gasteiger partial charge in [-0.3, -0.25) is 0 Å². The van der Waals surface area contributed by atoms with Crippen LogP contribution in [0.3, 0.4) is 0 Å². The van der Waals surface area contributed by atoms with Gasteiger partial charge >= 0.3 is 0 Å². The highest BCUT2D eigenvalue weighted by atomic mass is 19.1. The van der Waals surface area contributed by atoms with Crippen molar-refractivity contribution in [2.45, 2.75) is 13.2 Å². The number of para-hydroxylation sites is 1. The molecule has 0 aliphatic rings. The molecule has 0 saturated heterocycles. The summed E-state index contributed by atoms with van der Waals surface area (Å²) in [5.41, 5.74) is 7.13. The highest BCUT2D eigenvalue weighted by Crippen LogP contribution is 2.25. The second kappa shape index (κ2) is 6.34. The molecule has 0 atom stereocenters. The lowest BCUT2D eigenvalue weighted by Gasteiger charge is -2.12. The highest BCUT2D eigenvalue weighted by molar-refractivity contribution is 5.37. The molecule has 5 heteroatoms. The lowest BCUT2D eigenvalue weighted by atomic mass is 10.1. The first kappa shape index (κ1) is 14.3. The van der Waals surface area contributed by atoms with E-state index >= 15 is 0 Å². The minimum atomic E-state index is -0.737. The number of halogens is 2. The molecule has 0 fully saturated rings. The van der Waals surface area contributed by atoms with E-state index in [2.05, 4.69) is 0 Å². The summed E-state index contributed by atoms with van der Waals surface area (Å²) in [7, 11) is 1.52. The fraction of sp³-hybridized carbons (Fsp3) is 0.200. The molecular weight excluding hydrogens is 264 g/mol. The van der Waals surface area contributed by atoms with Crippen LogP contribution in [0.15, 0.2) is 36.4 Å². The Labute approximate surface area is 115 Å². The standard InChI is InChI=1S/C15H15F2NO2/c1-19-14-6-5-10(8-18)7-11(14)9-20-15-12(16)3-2-4-13(15)17/h2-7H,8-9,18H2,1H3. The van der Waals surface area contributed by atoms with Crippen LogP contribution in [0, 0.1) is 11.6 Å². The quantitative estimate of drug-likeness (QED) is 0.915. The van der Waals surface area contributed by atoms with Crippen molar-refractivity contribution in [3.05, 3.63) is 59.2 Å². The minimum absolute atomic E-state index is 0.00509. The summed E-state index contributed by atoms with van der Waals surface area (Å²) in [5.74, 6) is -1.29. The van der Waals surface area contributed by atoms with E-state index in [0.29, 0.717) is 17.9 Å². The Balaban J connectivity index is 2.22. The van der Waals surface area contributed by atoms with Crippen molar-refractivity contribution in [3.8, 4) is 11.5 Å². The fourth-order valence-electron chi connectivity index (χ4n) is 1.84. The molecule has 0 bridgehead atoms. The first-order valence-corrected chi connectivity index (χ1v) is 6.08. The number of methoxy groups -OCH3 is 1. The molecule has 2 N–H and O–H groups in total. The van der Waals surface area contributed by atoms with E-state index in [1.54, 1.807) is 12.1 Å². The summed E-state index contributed by atoms with van der Waals surface area (Å²) in [6.07, 6.45) is 0. The summed E-state index contributed by atoms with van der Waals surface area (Å²) >= 11 is 0. The van der Waals surface area contributed by atoms with E-state index in [1.807, 2.05) is 6.07 Å². The van der Waals surface area contributed by atoms with Crippen molar-refractivity contribution >= 4 is 0 Å². The topological polar surface area (TPSA) is 44.5 Å². The Bertz CT molecular complexity index is 582. The molecular formula is C15H15F2NO2. The Morgan fingerprint density at radius 1 is 1.10 bits per heavy atom. The zero-order valence-corrected chi connectivity index (χ0v) is 11.0. The summed E-state index contributed by atoms with van der Waals surface area (Å²) in [4.78, 5) is 0. The number of nitrogens with two attached hydrogens (primary N) is 1. The molecule has 0 heterocycles. The predicted molar refractivity (Wildman–Crippen MR) is 71.6 cm³/mol. The van der Waals surface area contributed by atoms with Gasteiger partial charge in [0.1, 0.15) is 12.4 Å². The zero-order valence-electron chi connectivity index (χ0n) is 11.0. The maximum Gasteiger partial charge on any atom is 0.191 e. The van der Waals surface area contributed by atoms with Crippen molar-refractivity contribution in [3.63, 3.8) is 0 Å². The Morgan fingerprint density at radius 3 is 2.40 bits per heavy atom. The first-order valence-electron chi connectivity index (χ1n) is 6.08. The molecule has 0 radical (unpaired) electrons. The van der Waals surface area contributed by atoms with Crippen LogP contribution in [-0.4, -0.2) is 7.11 Å². The van der Waals surface area contributed by atoms with Gasteiger partial charge in [-0.05, 0) is 29.8 Å². The van der Waals surface area contributed by atoms with Crippen molar-refractivity contribution in [2.75, 3.05) is 7.11 Å². The van der Waals surface area contributed by atoms with E-state index in [9.17, 15) is 8.78 Å². The SMILES string of the molecule is COc1ccc(CN)cc1COc1c(F)cccc1F. The number of hydrogen-bond acceptors (Lipinski definition) is 3.